The van der Waals surface area contributed by atoms with Crippen LogP contribution in [0.15, 0.2) is 0 Å². The summed E-state index contributed by atoms with van der Waals surface area (Å²) in [5, 5.41) is 3.04. The predicted octanol–water partition coefficient (Wildman–Crippen LogP) is 1.34. The molecule has 2 nitrogen and oxygen atoms in total. The van der Waals surface area contributed by atoms with Crippen molar-refractivity contribution in [3.05, 3.63) is 0 Å². The number of alkyl halides is 3. The summed E-state index contributed by atoms with van der Waals surface area (Å²) in [6, 6.07) is -0.175. The van der Waals surface area contributed by atoms with Gasteiger partial charge >= 0.3 is 0 Å². The van der Waals surface area contributed by atoms with Crippen molar-refractivity contribution in [2.24, 2.45) is 0 Å². The van der Waals surface area contributed by atoms with Gasteiger partial charge in [-0.2, -0.15) is 0 Å². The Labute approximate surface area is 74.8 Å². The third-order valence-electron chi connectivity index (χ3n) is 1.32. The van der Waals surface area contributed by atoms with E-state index < -0.39 is 3.79 Å². The second-order valence-electron chi connectivity index (χ2n) is 2.12. The minimum Gasteiger partial charge on any atom is -0.378 e. The van der Waals surface area contributed by atoms with E-state index in [2.05, 4.69) is 5.32 Å². The van der Waals surface area contributed by atoms with Gasteiger partial charge in [-0.3, -0.25) is 0 Å². The SMILES string of the molecule is ClC(Cl)(Cl)C1COCCN1. The van der Waals surface area contributed by atoms with E-state index in [-0.39, 0.29) is 6.04 Å². The summed E-state index contributed by atoms with van der Waals surface area (Å²) in [5.41, 5.74) is 0. The van der Waals surface area contributed by atoms with Gasteiger partial charge in [0.1, 0.15) is 0 Å². The minimum atomic E-state index is -1.25. The number of hydrogen-bond donors (Lipinski definition) is 1. The highest BCUT2D eigenvalue weighted by atomic mass is 35.6. The molecule has 0 aromatic rings. The average Bonchev–Trinajstić information content (AvgIpc) is 1.88. The molecular weight excluding hydrogens is 196 g/mol. The molecule has 1 aliphatic heterocycles. The summed E-state index contributed by atoms with van der Waals surface area (Å²) in [5.74, 6) is 0. The van der Waals surface area contributed by atoms with Crippen molar-refractivity contribution < 1.29 is 4.74 Å². The molecule has 0 aromatic heterocycles. The van der Waals surface area contributed by atoms with Crippen molar-refractivity contribution in [1.82, 2.24) is 5.32 Å². The monoisotopic (exact) mass is 203 g/mol. The molecule has 1 rings (SSSR count). The first-order chi connectivity index (χ1) is 4.61. The average molecular weight is 204 g/mol. The van der Waals surface area contributed by atoms with Gasteiger partial charge in [0.05, 0.1) is 19.3 Å². The topological polar surface area (TPSA) is 21.3 Å². The zero-order chi connectivity index (χ0) is 7.61. The molecule has 0 spiro atoms. The number of halogens is 3. The number of rotatable bonds is 0. The molecule has 0 aliphatic carbocycles. The van der Waals surface area contributed by atoms with Crippen LogP contribution >= 0.6 is 34.8 Å². The molecule has 1 aliphatic rings. The predicted molar refractivity (Wildman–Crippen MR) is 42.9 cm³/mol. The fraction of sp³-hybridized carbons (Fsp3) is 1.00. The van der Waals surface area contributed by atoms with E-state index in [0.717, 1.165) is 6.54 Å². The molecule has 1 fully saturated rings. The van der Waals surface area contributed by atoms with Crippen LogP contribution in [0.1, 0.15) is 0 Å². The molecular formula is C5H8Cl3NO. The van der Waals surface area contributed by atoms with Crippen LogP contribution in [-0.4, -0.2) is 29.6 Å². The van der Waals surface area contributed by atoms with Crippen LogP contribution < -0.4 is 5.32 Å². The van der Waals surface area contributed by atoms with Gasteiger partial charge in [-0.05, 0) is 0 Å². The van der Waals surface area contributed by atoms with E-state index in [1.54, 1.807) is 0 Å². The van der Waals surface area contributed by atoms with Crippen molar-refractivity contribution in [1.29, 1.82) is 0 Å². The highest BCUT2D eigenvalue weighted by molar-refractivity contribution is 6.68. The van der Waals surface area contributed by atoms with Crippen LogP contribution in [0.25, 0.3) is 0 Å². The third kappa shape index (κ3) is 2.44. The second kappa shape index (κ2) is 3.46. The van der Waals surface area contributed by atoms with Gasteiger partial charge < -0.3 is 10.1 Å². The molecule has 1 N–H and O–H groups in total. The summed E-state index contributed by atoms with van der Waals surface area (Å²) < 4.78 is 3.84. The van der Waals surface area contributed by atoms with E-state index in [0.29, 0.717) is 13.2 Å². The zero-order valence-electron chi connectivity index (χ0n) is 5.24. The molecule has 0 bridgehead atoms. The quantitative estimate of drug-likeness (QED) is 0.602. The standard InChI is InChI=1S/C5H8Cl3NO/c6-5(7,8)4-3-10-2-1-9-4/h4,9H,1-3H2. The smallest absolute Gasteiger partial charge is 0.207 e. The van der Waals surface area contributed by atoms with Crippen molar-refractivity contribution in [3.63, 3.8) is 0 Å². The van der Waals surface area contributed by atoms with Crippen molar-refractivity contribution in [2.75, 3.05) is 19.8 Å². The van der Waals surface area contributed by atoms with Crippen LogP contribution in [0.3, 0.4) is 0 Å². The van der Waals surface area contributed by atoms with Crippen molar-refractivity contribution in [3.8, 4) is 0 Å². The lowest BCUT2D eigenvalue weighted by molar-refractivity contribution is 0.0781. The van der Waals surface area contributed by atoms with E-state index >= 15 is 0 Å². The van der Waals surface area contributed by atoms with Gasteiger partial charge in [0.15, 0.2) is 0 Å². The Balaban J connectivity index is 2.39. The molecule has 0 saturated carbocycles. The molecule has 1 heterocycles. The third-order valence-corrected chi connectivity index (χ3v) is 2.11. The van der Waals surface area contributed by atoms with E-state index in [4.69, 9.17) is 39.5 Å². The summed E-state index contributed by atoms with van der Waals surface area (Å²) in [7, 11) is 0. The molecule has 1 atom stereocenters. The Hall–Kier alpha value is 0.790. The fourth-order valence-corrected chi connectivity index (χ4v) is 1.20. The van der Waals surface area contributed by atoms with Crippen LogP contribution in [0.5, 0.6) is 0 Å². The molecule has 1 unspecified atom stereocenters. The maximum Gasteiger partial charge on any atom is 0.207 e. The van der Waals surface area contributed by atoms with E-state index in [9.17, 15) is 0 Å². The second-order valence-corrected chi connectivity index (χ2v) is 4.49. The molecule has 10 heavy (non-hydrogen) atoms. The van der Waals surface area contributed by atoms with Gasteiger partial charge in [-0.25, -0.2) is 0 Å². The van der Waals surface area contributed by atoms with Crippen LogP contribution in [0.2, 0.25) is 0 Å². The summed E-state index contributed by atoms with van der Waals surface area (Å²) in [6.45, 7) is 1.91. The molecule has 0 amide bonds. The molecule has 5 heteroatoms. The first kappa shape index (κ1) is 8.88. The number of nitrogens with one attached hydrogen (secondary N) is 1. The van der Waals surface area contributed by atoms with Gasteiger partial charge in [0.25, 0.3) is 0 Å². The number of ether oxygens (including phenoxy) is 1. The lowest BCUT2D eigenvalue weighted by atomic mass is 10.3. The lowest BCUT2D eigenvalue weighted by Gasteiger charge is -2.28. The van der Waals surface area contributed by atoms with Gasteiger partial charge in [-0.15, -0.1) is 0 Å². The maximum absolute atomic E-state index is 5.60. The van der Waals surface area contributed by atoms with Crippen LogP contribution in [0, 0.1) is 0 Å². The zero-order valence-corrected chi connectivity index (χ0v) is 7.51. The van der Waals surface area contributed by atoms with Gasteiger partial charge in [0.2, 0.25) is 3.79 Å². The first-order valence-electron chi connectivity index (χ1n) is 2.98. The van der Waals surface area contributed by atoms with Crippen molar-refractivity contribution >= 4 is 34.8 Å². The highest BCUT2D eigenvalue weighted by Crippen LogP contribution is 2.30. The number of morpholine rings is 1. The lowest BCUT2D eigenvalue weighted by Crippen LogP contribution is -2.49. The Morgan fingerprint density at radius 2 is 2.10 bits per heavy atom. The Bertz CT molecular complexity index is 108. The van der Waals surface area contributed by atoms with Crippen LogP contribution in [-0.2, 0) is 4.74 Å². The fourth-order valence-electron chi connectivity index (χ4n) is 0.776. The molecule has 0 radical (unpaired) electrons. The largest absolute Gasteiger partial charge is 0.378 e. The summed E-state index contributed by atoms with van der Waals surface area (Å²) >= 11 is 16.8. The number of hydrogen-bond acceptors (Lipinski definition) is 2. The molecule has 1 saturated heterocycles. The Kier molecular flexibility index (Phi) is 3.07. The maximum atomic E-state index is 5.60. The summed E-state index contributed by atoms with van der Waals surface area (Å²) in [6.07, 6.45) is 0. The molecule has 60 valence electrons. The molecule has 0 aromatic carbocycles. The van der Waals surface area contributed by atoms with E-state index in [1.807, 2.05) is 0 Å². The van der Waals surface area contributed by atoms with E-state index in [1.165, 1.54) is 0 Å². The Morgan fingerprint density at radius 3 is 2.40 bits per heavy atom. The summed E-state index contributed by atoms with van der Waals surface area (Å²) in [4.78, 5) is 0. The van der Waals surface area contributed by atoms with Gasteiger partial charge in [0, 0.05) is 6.54 Å². The highest BCUT2D eigenvalue weighted by Gasteiger charge is 2.33. The van der Waals surface area contributed by atoms with Gasteiger partial charge in [-0.1, -0.05) is 34.8 Å². The first-order valence-corrected chi connectivity index (χ1v) is 4.12. The minimum absolute atomic E-state index is 0.175. The van der Waals surface area contributed by atoms with Crippen LogP contribution in [0.4, 0.5) is 0 Å². The van der Waals surface area contributed by atoms with Crippen molar-refractivity contribution in [2.45, 2.75) is 9.83 Å². The Morgan fingerprint density at radius 1 is 1.40 bits per heavy atom. The normalized spacial score (nSPS) is 28.5.